The molecule has 3 aliphatic rings. The predicted molar refractivity (Wildman–Crippen MR) is 191 cm³/mol. The molecule has 4 aromatic carbocycles. The molecule has 234 valence electrons. The molecular weight excluding hydrogens is 593 g/mol. The van der Waals surface area contributed by atoms with Crippen molar-refractivity contribution in [1.29, 1.82) is 0 Å². The van der Waals surface area contributed by atoms with E-state index in [1.54, 1.807) is 0 Å². The lowest BCUT2D eigenvalue weighted by molar-refractivity contribution is 0.0935. The summed E-state index contributed by atoms with van der Waals surface area (Å²) in [6.45, 7) is 13.7. The molecule has 2 heterocycles. The average molecular weight is 637 g/mol. The van der Waals surface area contributed by atoms with E-state index in [0.29, 0.717) is 24.0 Å². The number of hydrogen-bond acceptors (Lipinski definition) is 6. The maximum Gasteiger partial charge on any atom is 0.142 e. The summed E-state index contributed by atoms with van der Waals surface area (Å²) in [5.74, 6) is 2.07. The van der Waals surface area contributed by atoms with Crippen LogP contribution in [-0.2, 0) is 18.5 Å². The molecule has 2 atom stereocenters. The lowest BCUT2D eigenvalue weighted by Gasteiger charge is -2.38. The van der Waals surface area contributed by atoms with Crippen LogP contribution in [-0.4, -0.2) is 46.9 Å². The maximum atomic E-state index is 6.41. The standard InChI is InChI=1S/C39H44N2O2S2/c1-25-17-31(19-29-21-40(15-13-27(3)44)23-42-37(25)29)39(35-11-7-5-9-33(35)34-10-6-8-12-36(34)39)32-18-26(2)38-30(20-32)22-41(24-43-38)16-14-28(4)45/h5-12,17-20,27-28,44-45H,13-16,21-24H2,1-4H3. The summed E-state index contributed by atoms with van der Waals surface area (Å²) in [4.78, 5) is 4.81. The SMILES string of the molecule is Cc1cc(C2(c3cc(C)c4c(c3)CN(CCC(C)S)CO4)c3ccccc3-c3ccccc32)cc2c1OCN(CCC(C)S)C2. The van der Waals surface area contributed by atoms with Crippen LogP contribution in [0, 0.1) is 13.8 Å². The maximum absolute atomic E-state index is 6.41. The first-order chi connectivity index (χ1) is 21.8. The van der Waals surface area contributed by atoms with E-state index in [-0.39, 0.29) is 0 Å². The first-order valence-corrected chi connectivity index (χ1v) is 17.3. The monoisotopic (exact) mass is 636 g/mol. The van der Waals surface area contributed by atoms with E-state index in [1.807, 2.05) is 0 Å². The topological polar surface area (TPSA) is 24.9 Å². The molecule has 0 spiro atoms. The molecule has 0 fully saturated rings. The minimum absolute atomic E-state index is 0.364. The molecule has 45 heavy (non-hydrogen) atoms. The number of rotatable bonds is 8. The molecule has 4 aromatic rings. The van der Waals surface area contributed by atoms with E-state index in [9.17, 15) is 0 Å². The summed E-state index contributed by atoms with van der Waals surface area (Å²) in [6.07, 6.45) is 2.07. The van der Waals surface area contributed by atoms with Crippen molar-refractivity contribution in [2.45, 2.75) is 69.5 Å². The molecule has 0 radical (unpaired) electrons. The van der Waals surface area contributed by atoms with Gasteiger partial charge in [0, 0.05) is 47.8 Å². The van der Waals surface area contributed by atoms with Crippen LogP contribution in [0.25, 0.3) is 11.1 Å². The Morgan fingerprint density at radius 3 is 1.51 bits per heavy atom. The van der Waals surface area contributed by atoms with Crippen molar-refractivity contribution in [3.63, 3.8) is 0 Å². The second kappa shape index (κ2) is 12.4. The number of aryl methyl sites for hydroxylation is 2. The molecule has 0 N–H and O–H groups in total. The molecule has 2 unspecified atom stereocenters. The van der Waals surface area contributed by atoms with Gasteiger partial charge in [0.2, 0.25) is 0 Å². The van der Waals surface area contributed by atoms with Crippen LogP contribution in [0.3, 0.4) is 0 Å². The molecular formula is C39H44N2O2S2. The van der Waals surface area contributed by atoms with E-state index < -0.39 is 5.41 Å². The third kappa shape index (κ3) is 5.48. The average Bonchev–Trinajstić information content (AvgIpc) is 3.33. The van der Waals surface area contributed by atoms with Crippen LogP contribution in [0.15, 0.2) is 72.8 Å². The Hall–Kier alpha value is -2.90. The van der Waals surface area contributed by atoms with Gasteiger partial charge >= 0.3 is 0 Å². The third-order valence-corrected chi connectivity index (χ3v) is 10.3. The van der Waals surface area contributed by atoms with Gasteiger partial charge < -0.3 is 9.47 Å². The molecule has 4 nitrogen and oxygen atoms in total. The zero-order valence-electron chi connectivity index (χ0n) is 26.8. The van der Waals surface area contributed by atoms with Crippen LogP contribution in [0.2, 0.25) is 0 Å². The molecule has 2 aliphatic heterocycles. The van der Waals surface area contributed by atoms with E-state index in [0.717, 1.165) is 50.5 Å². The summed E-state index contributed by atoms with van der Waals surface area (Å²) in [5, 5.41) is 0.727. The summed E-state index contributed by atoms with van der Waals surface area (Å²) < 4.78 is 12.8. The van der Waals surface area contributed by atoms with E-state index >= 15 is 0 Å². The molecule has 0 saturated carbocycles. The Morgan fingerprint density at radius 2 is 1.09 bits per heavy atom. The van der Waals surface area contributed by atoms with Crippen molar-refractivity contribution in [2.24, 2.45) is 0 Å². The molecule has 7 rings (SSSR count). The van der Waals surface area contributed by atoms with Crippen LogP contribution < -0.4 is 9.47 Å². The molecule has 1 aliphatic carbocycles. The number of hydrogen-bond donors (Lipinski definition) is 2. The van der Waals surface area contributed by atoms with Gasteiger partial charge in [-0.3, -0.25) is 9.80 Å². The normalized spacial score (nSPS) is 18.2. The number of thiol groups is 2. The van der Waals surface area contributed by atoms with Gasteiger partial charge in [-0.05, 0) is 83.3 Å². The lowest BCUT2D eigenvalue weighted by Crippen LogP contribution is -2.36. The zero-order chi connectivity index (χ0) is 31.3. The van der Waals surface area contributed by atoms with Gasteiger partial charge in [0.15, 0.2) is 0 Å². The highest BCUT2D eigenvalue weighted by Gasteiger charge is 2.47. The van der Waals surface area contributed by atoms with Crippen molar-refractivity contribution in [2.75, 3.05) is 26.6 Å². The molecule has 6 heteroatoms. The van der Waals surface area contributed by atoms with Gasteiger partial charge in [-0.25, -0.2) is 0 Å². The van der Waals surface area contributed by atoms with Gasteiger partial charge in [0.25, 0.3) is 0 Å². The van der Waals surface area contributed by atoms with Gasteiger partial charge in [0.05, 0.1) is 5.41 Å². The minimum atomic E-state index is -0.476. The Kier molecular flexibility index (Phi) is 8.45. The van der Waals surface area contributed by atoms with Crippen LogP contribution in [0.4, 0.5) is 0 Å². The Bertz CT molecular complexity index is 1610. The second-order valence-electron chi connectivity index (χ2n) is 13.3. The van der Waals surface area contributed by atoms with Crippen molar-refractivity contribution in [3.05, 3.63) is 117 Å². The Balaban J connectivity index is 1.42. The van der Waals surface area contributed by atoms with Crippen molar-refractivity contribution < 1.29 is 9.47 Å². The second-order valence-corrected chi connectivity index (χ2v) is 15.1. The van der Waals surface area contributed by atoms with Crippen LogP contribution >= 0.6 is 25.3 Å². The van der Waals surface area contributed by atoms with E-state index in [2.05, 4.69) is 136 Å². The fourth-order valence-electron chi connectivity index (χ4n) is 7.71. The highest BCUT2D eigenvalue weighted by atomic mass is 32.1. The first-order valence-electron chi connectivity index (χ1n) is 16.3. The van der Waals surface area contributed by atoms with Gasteiger partial charge in [-0.2, -0.15) is 25.3 Å². The van der Waals surface area contributed by atoms with E-state index in [1.165, 1.54) is 55.6 Å². The highest BCUT2D eigenvalue weighted by molar-refractivity contribution is 7.81. The lowest BCUT2D eigenvalue weighted by atomic mass is 9.66. The summed E-state index contributed by atoms with van der Waals surface area (Å²) in [7, 11) is 0. The smallest absolute Gasteiger partial charge is 0.142 e. The highest BCUT2D eigenvalue weighted by Crippen LogP contribution is 2.57. The predicted octanol–water partition coefficient (Wildman–Crippen LogP) is 8.39. The van der Waals surface area contributed by atoms with Gasteiger partial charge in [0.1, 0.15) is 25.0 Å². The largest absolute Gasteiger partial charge is 0.478 e. The number of ether oxygens (including phenoxy) is 2. The molecule has 0 bridgehead atoms. The first kappa shape index (κ1) is 30.7. The molecule has 0 aromatic heterocycles. The van der Waals surface area contributed by atoms with Crippen LogP contribution in [0.1, 0.15) is 71.2 Å². The quantitative estimate of drug-likeness (QED) is 0.167. The molecule has 0 amide bonds. The van der Waals surface area contributed by atoms with Gasteiger partial charge in [-0.1, -0.05) is 74.5 Å². The molecule has 0 saturated heterocycles. The van der Waals surface area contributed by atoms with Gasteiger partial charge in [-0.15, -0.1) is 0 Å². The number of nitrogens with zero attached hydrogens (tertiary/aromatic N) is 2. The van der Waals surface area contributed by atoms with Crippen molar-refractivity contribution in [3.8, 4) is 22.6 Å². The minimum Gasteiger partial charge on any atom is -0.478 e. The van der Waals surface area contributed by atoms with Crippen molar-refractivity contribution in [1.82, 2.24) is 9.80 Å². The number of benzene rings is 4. The summed E-state index contributed by atoms with van der Waals surface area (Å²) in [5.41, 5.74) is 12.3. The Labute approximate surface area is 279 Å². The fraction of sp³-hybridized carbons (Fsp3) is 0.385. The third-order valence-electron chi connectivity index (χ3n) is 9.82. The Morgan fingerprint density at radius 1 is 0.667 bits per heavy atom. The number of fused-ring (bicyclic) bond motifs is 5. The van der Waals surface area contributed by atoms with Crippen molar-refractivity contribution >= 4 is 25.3 Å². The summed E-state index contributed by atoms with van der Waals surface area (Å²) >= 11 is 9.27. The zero-order valence-corrected chi connectivity index (χ0v) is 28.6. The fourth-order valence-corrected chi connectivity index (χ4v) is 7.94. The van der Waals surface area contributed by atoms with Crippen LogP contribution in [0.5, 0.6) is 11.5 Å². The van der Waals surface area contributed by atoms with E-state index in [4.69, 9.17) is 9.47 Å². The summed E-state index contributed by atoms with van der Waals surface area (Å²) in [6, 6.07) is 27.6.